The van der Waals surface area contributed by atoms with Gasteiger partial charge in [0, 0.05) is 6.07 Å². The number of rotatable bonds is 6. The number of aromatic nitrogens is 2. The zero-order valence-electron chi connectivity index (χ0n) is 11.2. The van der Waals surface area contributed by atoms with Crippen LogP contribution in [0.25, 0.3) is 0 Å². The molecule has 0 saturated carbocycles. The number of nitrogens with one attached hydrogen (secondary N) is 2. The van der Waals surface area contributed by atoms with E-state index in [2.05, 4.69) is 21.6 Å². The first-order valence-corrected chi connectivity index (χ1v) is 6.36. The Morgan fingerprint density at radius 3 is 2.47 bits per heavy atom. The lowest BCUT2D eigenvalue weighted by atomic mass is 9.80. The lowest BCUT2D eigenvalue weighted by Gasteiger charge is -2.24. The van der Waals surface area contributed by atoms with E-state index in [1.807, 2.05) is 13.8 Å². The molecule has 0 saturated heterocycles. The molecule has 19 heavy (non-hydrogen) atoms. The molecule has 0 aliphatic heterocycles. The molecule has 6 heteroatoms. The fourth-order valence-corrected chi connectivity index (χ4v) is 2.02. The van der Waals surface area contributed by atoms with Crippen LogP contribution in [0.15, 0.2) is 16.9 Å². The Balaban J connectivity index is 2.91. The number of carbonyl (C=O) groups is 1. The Hall–Kier alpha value is -2.16. The van der Waals surface area contributed by atoms with Crippen LogP contribution < -0.4 is 10.9 Å². The van der Waals surface area contributed by atoms with Gasteiger partial charge in [-0.25, -0.2) is 5.10 Å². The minimum absolute atomic E-state index is 0.247. The van der Waals surface area contributed by atoms with Crippen LogP contribution in [-0.4, -0.2) is 16.1 Å². The molecule has 1 aromatic heterocycles. The molecule has 0 radical (unpaired) electrons. The Labute approximate surface area is 111 Å². The molecule has 6 nitrogen and oxygen atoms in total. The van der Waals surface area contributed by atoms with Crippen LogP contribution in [0.3, 0.4) is 0 Å². The highest BCUT2D eigenvalue weighted by molar-refractivity contribution is 5.96. The summed E-state index contributed by atoms with van der Waals surface area (Å²) >= 11 is 0. The van der Waals surface area contributed by atoms with Gasteiger partial charge in [-0.3, -0.25) is 9.59 Å². The van der Waals surface area contributed by atoms with Crippen molar-refractivity contribution >= 4 is 11.7 Å². The molecule has 0 unspecified atom stereocenters. The zero-order chi connectivity index (χ0) is 14.3. The molecule has 0 aliphatic rings. The number of anilines is 1. The van der Waals surface area contributed by atoms with E-state index in [4.69, 9.17) is 0 Å². The van der Waals surface area contributed by atoms with E-state index in [1.165, 1.54) is 12.1 Å². The minimum atomic E-state index is -1.03. The summed E-state index contributed by atoms with van der Waals surface area (Å²) in [5.74, 6) is -0.116. The van der Waals surface area contributed by atoms with E-state index in [-0.39, 0.29) is 17.3 Å². The molecule has 0 aliphatic carbocycles. The number of aromatic amines is 1. The number of amides is 1. The molecule has 0 atom stereocenters. The number of H-pyrrole nitrogens is 1. The number of hydrogen-bond donors (Lipinski definition) is 2. The third-order valence-corrected chi connectivity index (χ3v) is 2.92. The highest BCUT2D eigenvalue weighted by Gasteiger charge is 2.37. The van der Waals surface area contributed by atoms with Gasteiger partial charge in [-0.2, -0.15) is 10.4 Å². The second-order valence-corrected chi connectivity index (χ2v) is 4.45. The van der Waals surface area contributed by atoms with Crippen LogP contribution in [0.1, 0.15) is 39.5 Å². The van der Waals surface area contributed by atoms with Gasteiger partial charge < -0.3 is 5.32 Å². The summed E-state index contributed by atoms with van der Waals surface area (Å²) in [5.41, 5.74) is -1.37. The average Bonchev–Trinajstić information content (AvgIpc) is 2.41. The van der Waals surface area contributed by atoms with E-state index < -0.39 is 5.41 Å². The maximum atomic E-state index is 12.3. The van der Waals surface area contributed by atoms with Crippen molar-refractivity contribution in [3.8, 4) is 6.07 Å². The van der Waals surface area contributed by atoms with Crippen LogP contribution >= 0.6 is 0 Å². The fourth-order valence-electron chi connectivity index (χ4n) is 2.02. The summed E-state index contributed by atoms with van der Waals surface area (Å²) in [6.45, 7) is 3.88. The molecule has 1 rings (SSSR count). The molecule has 0 fully saturated rings. The lowest BCUT2D eigenvalue weighted by molar-refractivity contribution is -0.123. The predicted molar refractivity (Wildman–Crippen MR) is 71.3 cm³/mol. The summed E-state index contributed by atoms with van der Waals surface area (Å²) in [6.07, 6.45) is 2.51. The van der Waals surface area contributed by atoms with Gasteiger partial charge in [0.15, 0.2) is 5.82 Å². The second-order valence-electron chi connectivity index (χ2n) is 4.45. The van der Waals surface area contributed by atoms with Crippen molar-refractivity contribution in [3.63, 3.8) is 0 Å². The highest BCUT2D eigenvalue weighted by Crippen LogP contribution is 2.30. The van der Waals surface area contributed by atoms with Crippen molar-refractivity contribution in [1.82, 2.24) is 10.2 Å². The summed E-state index contributed by atoms with van der Waals surface area (Å²) in [7, 11) is 0. The van der Waals surface area contributed by atoms with E-state index in [1.54, 1.807) is 0 Å². The van der Waals surface area contributed by atoms with E-state index in [0.717, 1.165) is 12.8 Å². The fraction of sp³-hybridized carbons (Fsp3) is 0.538. The van der Waals surface area contributed by atoms with E-state index in [9.17, 15) is 14.9 Å². The smallest absolute Gasteiger partial charge is 0.264 e. The predicted octanol–water partition coefficient (Wildman–Crippen LogP) is 1.82. The quantitative estimate of drug-likeness (QED) is 0.816. The number of nitriles is 1. The third kappa shape index (κ3) is 3.65. The van der Waals surface area contributed by atoms with Crippen molar-refractivity contribution in [2.24, 2.45) is 5.41 Å². The van der Waals surface area contributed by atoms with Gasteiger partial charge in [0.1, 0.15) is 5.41 Å². The summed E-state index contributed by atoms with van der Waals surface area (Å²) in [4.78, 5) is 23.1. The Morgan fingerprint density at radius 1 is 1.42 bits per heavy atom. The first-order valence-electron chi connectivity index (χ1n) is 6.36. The second kappa shape index (κ2) is 6.69. The Kier molecular flexibility index (Phi) is 5.24. The summed E-state index contributed by atoms with van der Waals surface area (Å²) in [5, 5.41) is 17.9. The normalized spacial score (nSPS) is 10.8. The third-order valence-electron chi connectivity index (χ3n) is 2.92. The van der Waals surface area contributed by atoms with Crippen molar-refractivity contribution in [2.45, 2.75) is 39.5 Å². The lowest BCUT2D eigenvalue weighted by Crippen LogP contribution is -2.35. The first-order chi connectivity index (χ1) is 9.07. The number of carbonyl (C=O) groups excluding carboxylic acids is 1. The molecule has 0 bridgehead atoms. The largest absolute Gasteiger partial charge is 0.308 e. The molecular formula is C13H18N4O2. The Bertz CT molecular complexity index is 504. The van der Waals surface area contributed by atoms with Crippen LogP contribution in [0, 0.1) is 16.7 Å². The molecule has 1 heterocycles. The van der Waals surface area contributed by atoms with Gasteiger partial charge in [0.25, 0.3) is 5.56 Å². The average molecular weight is 262 g/mol. The van der Waals surface area contributed by atoms with Gasteiger partial charge >= 0.3 is 0 Å². The standard InChI is InChI=1S/C13H18N4O2/c1-3-7-13(9-14,8-4-2)12(19)15-10-5-6-11(18)17-16-10/h5-6H,3-4,7-8H2,1-2H3,(H,17,18)(H,15,16,19). The SMILES string of the molecule is CCCC(C#N)(CCC)C(=O)Nc1ccc(=O)[nH]n1. The zero-order valence-corrected chi connectivity index (χ0v) is 11.2. The number of hydrogen-bond acceptors (Lipinski definition) is 4. The summed E-state index contributed by atoms with van der Waals surface area (Å²) < 4.78 is 0. The molecular weight excluding hydrogens is 244 g/mol. The first kappa shape index (κ1) is 14.9. The van der Waals surface area contributed by atoms with Crippen LogP contribution in [0.4, 0.5) is 5.82 Å². The molecule has 0 spiro atoms. The van der Waals surface area contributed by atoms with Gasteiger partial charge in [0.05, 0.1) is 6.07 Å². The molecule has 1 amide bonds. The van der Waals surface area contributed by atoms with Gasteiger partial charge in [-0.1, -0.05) is 26.7 Å². The Morgan fingerprint density at radius 2 is 2.05 bits per heavy atom. The van der Waals surface area contributed by atoms with Crippen molar-refractivity contribution in [3.05, 3.63) is 22.5 Å². The van der Waals surface area contributed by atoms with Crippen molar-refractivity contribution in [2.75, 3.05) is 5.32 Å². The topological polar surface area (TPSA) is 98.6 Å². The van der Waals surface area contributed by atoms with Gasteiger partial charge in [-0.05, 0) is 18.9 Å². The maximum absolute atomic E-state index is 12.3. The molecule has 0 aromatic carbocycles. The molecule has 1 aromatic rings. The van der Waals surface area contributed by atoms with Crippen LogP contribution in [-0.2, 0) is 4.79 Å². The minimum Gasteiger partial charge on any atom is -0.308 e. The van der Waals surface area contributed by atoms with E-state index in [0.29, 0.717) is 12.8 Å². The van der Waals surface area contributed by atoms with Crippen LogP contribution in [0.5, 0.6) is 0 Å². The van der Waals surface area contributed by atoms with Crippen molar-refractivity contribution < 1.29 is 4.79 Å². The van der Waals surface area contributed by atoms with Gasteiger partial charge in [-0.15, -0.1) is 0 Å². The van der Waals surface area contributed by atoms with E-state index >= 15 is 0 Å². The van der Waals surface area contributed by atoms with Gasteiger partial charge in [0.2, 0.25) is 5.91 Å². The molecule has 2 N–H and O–H groups in total. The van der Waals surface area contributed by atoms with Crippen molar-refractivity contribution in [1.29, 1.82) is 5.26 Å². The highest BCUT2D eigenvalue weighted by atomic mass is 16.2. The maximum Gasteiger partial charge on any atom is 0.264 e. The number of nitrogens with zero attached hydrogens (tertiary/aromatic N) is 2. The monoisotopic (exact) mass is 262 g/mol. The van der Waals surface area contributed by atoms with Crippen LogP contribution in [0.2, 0.25) is 0 Å². The summed E-state index contributed by atoms with van der Waals surface area (Å²) in [6, 6.07) is 4.82. The molecule has 102 valence electrons.